The van der Waals surface area contributed by atoms with Crippen molar-refractivity contribution < 1.29 is 9.59 Å². The molecule has 35 heavy (non-hydrogen) atoms. The Morgan fingerprint density at radius 2 is 1.46 bits per heavy atom. The summed E-state index contributed by atoms with van der Waals surface area (Å²) in [4.78, 5) is 32.9. The molecular weight excluding hydrogens is 436 g/mol. The summed E-state index contributed by atoms with van der Waals surface area (Å²) in [5.41, 5.74) is 4.72. The maximum Gasteiger partial charge on any atom is 0.254 e. The van der Waals surface area contributed by atoms with Crippen LogP contribution < -0.4 is 5.32 Å². The smallest absolute Gasteiger partial charge is 0.254 e. The lowest BCUT2D eigenvalue weighted by Gasteiger charge is -2.41. The minimum Gasteiger partial charge on any atom is -0.361 e. The Labute approximate surface area is 204 Å². The van der Waals surface area contributed by atoms with E-state index in [0.29, 0.717) is 25.2 Å². The molecule has 2 aliphatic heterocycles. The molecule has 6 nitrogen and oxygen atoms in total. The number of carbonyl (C=O) groups is 2. The van der Waals surface area contributed by atoms with Crippen molar-refractivity contribution in [3.8, 4) is 11.1 Å². The Hall–Kier alpha value is -3.90. The first-order valence-electron chi connectivity index (χ1n) is 12.2. The van der Waals surface area contributed by atoms with E-state index in [0.717, 1.165) is 40.6 Å². The highest BCUT2D eigenvalue weighted by Crippen LogP contribution is 2.29. The topological polar surface area (TPSA) is 68.4 Å². The van der Waals surface area contributed by atoms with Gasteiger partial charge in [0.05, 0.1) is 0 Å². The van der Waals surface area contributed by atoms with Crippen LogP contribution in [0.3, 0.4) is 0 Å². The zero-order chi connectivity index (χ0) is 23.8. The third kappa shape index (κ3) is 4.21. The molecule has 3 heterocycles. The van der Waals surface area contributed by atoms with E-state index in [2.05, 4.69) is 22.4 Å². The van der Waals surface area contributed by atoms with Crippen LogP contribution in [-0.4, -0.2) is 64.9 Å². The van der Waals surface area contributed by atoms with Gasteiger partial charge in [0.15, 0.2) is 0 Å². The highest BCUT2D eigenvalue weighted by atomic mass is 16.2. The van der Waals surface area contributed by atoms with E-state index in [1.165, 1.54) is 0 Å². The SMILES string of the molecule is O=C(c1ccccc1)N1CCC(NC2CN(C(=O)c3ccc4c(-c5ccccc5)c[nH]c4c3)C2)C1. The van der Waals surface area contributed by atoms with Crippen LogP contribution >= 0.6 is 0 Å². The minimum absolute atomic E-state index is 0.0631. The van der Waals surface area contributed by atoms with Crippen LogP contribution in [0.1, 0.15) is 27.1 Å². The number of aromatic nitrogens is 1. The van der Waals surface area contributed by atoms with Gasteiger partial charge in [0.1, 0.15) is 0 Å². The predicted molar refractivity (Wildman–Crippen MR) is 137 cm³/mol. The van der Waals surface area contributed by atoms with Gasteiger partial charge < -0.3 is 20.1 Å². The Bertz CT molecular complexity index is 1360. The number of H-pyrrole nitrogens is 1. The zero-order valence-electron chi connectivity index (χ0n) is 19.5. The monoisotopic (exact) mass is 464 g/mol. The number of likely N-dealkylation sites (tertiary alicyclic amines) is 2. The van der Waals surface area contributed by atoms with E-state index in [4.69, 9.17) is 0 Å². The summed E-state index contributed by atoms with van der Waals surface area (Å²) in [5, 5.41) is 4.76. The first-order chi connectivity index (χ1) is 17.2. The standard InChI is InChI=1S/C29H28N4O2/c34-28(21-9-5-2-6-10-21)32-14-13-23(17-32)31-24-18-33(19-24)29(35)22-11-12-25-26(16-30-27(25)15-22)20-7-3-1-4-8-20/h1-12,15-16,23-24,30-31H,13-14,17-19H2. The molecule has 4 aromatic rings. The molecule has 176 valence electrons. The molecule has 1 atom stereocenters. The van der Waals surface area contributed by atoms with Crippen LogP contribution in [0.15, 0.2) is 85.1 Å². The number of fused-ring (bicyclic) bond motifs is 1. The van der Waals surface area contributed by atoms with E-state index in [9.17, 15) is 9.59 Å². The molecule has 2 amide bonds. The number of carbonyl (C=O) groups excluding carboxylic acids is 2. The quantitative estimate of drug-likeness (QED) is 0.466. The fourth-order valence-electron chi connectivity index (χ4n) is 5.23. The number of nitrogens with one attached hydrogen (secondary N) is 2. The van der Waals surface area contributed by atoms with Crippen LogP contribution in [0.5, 0.6) is 0 Å². The van der Waals surface area contributed by atoms with E-state index in [1.807, 2.05) is 82.7 Å². The van der Waals surface area contributed by atoms with Crippen molar-refractivity contribution in [3.05, 3.63) is 96.2 Å². The molecule has 1 aromatic heterocycles. The van der Waals surface area contributed by atoms with Gasteiger partial charge in [-0.15, -0.1) is 0 Å². The number of nitrogens with zero attached hydrogens (tertiary/aromatic N) is 2. The lowest BCUT2D eigenvalue weighted by Crippen LogP contribution is -2.62. The predicted octanol–water partition coefficient (Wildman–Crippen LogP) is 4.16. The van der Waals surface area contributed by atoms with Crippen LogP contribution in [0.2, 0.25) is 0 Å². The average molecular weight is 465 g/mol. The van der Waals surface area contributed by atoms with E-state index >= 15 is 0 Å². The van der Waals surface area contributed by atoms with Crippen molar-refractivity contribution in [2.75, 3.05) is 26.2 Å². The van der Waals surface area contributed by atoms with Crippen LogP contribution in [0.4, 0.5) is 0 Å². The lowest BCUT2D eigenvalue weighted by molar-refractivity contribution is 0.0553. The van der Waals surface area contributed by atoms with Crippen molar-refractivity contribution in [1.82, 2.24) is 20.1 Å². The van der Waals surface area contributed by atoms with Gasteiger partial charge in [-0.25, -0.2) is 0 Å². The lowest BCUT2D eigenvalue weighted by atomic mass is 10.0. The van der Waals surface area contributed by atoms with Crippen LogP contribution in [0, 0.1) is 0 Å². The fourth-order valence-corrected chi connectivity index (χ4v) is 5.23. The summed E-state index contributed by atoms with van der Waals surface area (Å²) in [6.45, 7) is 2.87. The van der Waals surface area contributed by atoms with Gasteiger partial charge in [-0.05, 0) is 36.2 Å². The summed E-state index contributed by atoms with van der Waals surface area (Å²) in [6, 6.07) is 26.2. The van der Waals surface area contributed by atoms with Gasteiger partial charge in [0, 0.05) is 72.1 Å². The van der Waals surface area contributed by atoms with Gasteiger partial charge in [-0.1, -0.05) is 54.6 Å². The summed E-state index contributed by atoms with van der Waals surface area (Å²) < 4.78 is 0. The maximum atomic E-state index is 13.1. The van der Waals surface area contributed by atoms with E-state index in [1.54, 1.807) is 0 Å². The number of rotatable bonds is 5. The Kier molecular flexibility index (Phi) is 5.58. The minimum atomic E-state index is 0.0631. The molecule has 2 fully saturated rings. The second kappa shape index (κ2) is 9.04. The molecule has 1 unspecified atom stereocenters. The Balaban J connectivity index is 1.04. The molecule has 2 N–H and O–H groups in total. The molecule has 0 spiro atoms. The molecule has 0 bridgehead atoms. The number of aromatic amines is 1. The van der Waals surface area contributed by atoms with E-state index < -0.39 is 0 Å². The third-order valence-electron chi connectivity index (χ3n) is 7.15. The van der Waals surface area contributed by atoms with Crippen molar-refractivity contribution >= 4 is 22.7 Å². The molecule has 3 aromatic carbocycles. The number of hydrogen-bond donors (Lipinski definition) is 2. The molecular formula is C29H28N4O2. The van der Waals surface area contributed by atoms with Crippen molar-refractivity contribution in [3.63, 3.8) is 0 Å². The highest BCUT2D eigenvalue weighted by Gasteiger charge is 2.35. The highest BCUT2D eigenvalue weighted by molar-refractivity contribution is 6.02. The summed E-state index contributed by atoms with van der Waals surface area (Å²) in [7, 11) is 0. The van der Waals surface area contributed by atoms with Gasteiger partial charge in [-0.2, -0.15) is 0 Å². The largest absolute Gasteiger partial charge is 0.361 e. The van der Waals surface area contributed by atoms with Crippen LogP contribution in [-0.2, 0) is 0 Å². The first-order valence-corrected chi connectivity index (χ1v) is 12.2. The van der Waals surface area contributed by atoms with Crippen molar-refractivity contribution in [2.45, 2.75) is 18.5 Å². The molecule has 2 saturated heterocycles. The maximum absolute atomic E-state index is 13.1. The normalized spacial score (nSPS) is 18.1. The fraction of sp³-hybridized carbons (Fsp3) is 0.241. The Morgan fingerprint density at radius 1 is 0.771 bits per heavy atom. The van der Waals surface area contributed by atoms with E-state index in [-0.39, 0.29) is 23.9 Å². The van der Waals surface area contributed by atoms with Crippen molar-refractivity contribution in [2.24, 2.45) is 0 Å². The summed E-state index contributed by atoms with van der Waals surface area (Å²) in [6.07, 6.45) is 2.95. The molecule has 0 aliphatic carbocycles. The number of hydrogen-bond acceptors (Lipinski definition) is 3. The molecule has 6 heteroatoms. The van der Waals surface area contributed by atoms with Crippen molar-refractivity contribution in [1.29, 1.82) is 0 Å². The Morgan fingerprint density at radius 3 is 2.23 bits per heavy atom. The number of amides is 2. The number of benzene rings is 3. The van der Waals surface area contributed by atoms with Gasteiger partial charge in [0.2, 0.25) is 0 Å². The summed E-state index contributed by atoms with van der Waals surface area (Å²) in [5.74, 6) is 0.156. The zero-order valence-corrected chi connectivity index (χ0v) is 19.5. The van der Waals surface area contributed by atoms with Gasteiger partial charge >= 0.3 is 0 Å². The first kappa shape index (κ1) is 21.6. The van der Waals surface area contributed by atoms with Gasteiger partial charge in [0.25, 0.3) is 11.8 Å². The van der Waals surface area contributed by atoms with Crippen LogP contribution in [0.25, 0.3) is 22.0 Å². The average Bonchev–Trinajstić information content (AvgIpc) is 3.53. The molecule has 0 saturated carbocycles. The third-order valence-corrected chi connectivity index (χ3v) is 7.15. The second-order valence-electron chi connectivity index (χ2n) is 9.51. The molecule has 6 rings (SSSR count). The molecule has 0 radical (unpaired) electrons. The second-order valence-corrected chi connectivity index (χ2v) is 9.51. The van der Waals surface area contributed by atoms with Gasteiger partial charge in [-0.3, -0.25) is 9.59 Å². The summed E-state index contributed by atoms with van der Waals surface area (Å²) >= 11 is 0. The molecule has 2 aliphatic rings.